The number of aliphatic hydroxyl groups is 1. The van der Waals surface area contributed by atoms with E-state index in [4.69, 9.17) is 5.11 Å². The summed E-state index contributed by atoms with van der Waals surface area (Å²) in [6.45, 7) is 0.0199. The lowest BCUT2D eigenvalue weighted by atomic mass is 10.1. The fourth-order valence-corrected chi connectivity index (χ4v) is 2.80. The smallest absolute Gasteiger partial charge is 0.174 e. The molecule has 0 amide bonds. The molecule has 19 heavy (non-hydrogen) atoms. The van der Waals surface area contributed by atoms with Gasteiger partial charge in [-0.05, 0) is 17.7 Å². The van der Waals surface area contributed by atoms with Gasteiger partial charge in [0.25, 0.3) is 0 Å². The minimum absolute atomic E-state index is 0.0199. The van der Waals surface area contributed by atoms with Crippen LogP contribution in [-0.2, 0) is 5.75 Å². The van der Waals surface area contributed by atoms with Gasteiger partial charge in [-0.2, -0.15) is 0 Å². The van der Waals surface area contributed by atoms with Crippen molar-refractivity contribution in [3.05, 3.63) is 40.7 Å². The van der Waals surface area contributed by atoms with Gasteiger partial charge in [-0.1, -0.05) is 41.0 Å². The Morgan fingerprint density at radius 3 is 3.00 bits per heavy atom. The van der Waals surface area contributed by atoms with Crippen molar-refractivity contribution < 1.29 is 9.50 Å². The van der Waals surface area contributed by atoms with Crippen LogP contribution in [0.25, 0.3) is 0 Å². The Hall–Kier alpha value is -1.42. The number of rotatable bonds is 4. The zero-order chi connectivity index (χ0) is 13.5. The van der Waals surface area contributed by atoms with Crippen LogP contribution < -0.4 is 0 Å². The van der Waals surface area contributed by atoms with E-state index in [1.165, 1.54) is 29.2 Å². The Kier molecular flexibility index (Phi) is 5.33. The van der Waals surface area contributed by atoms with Crippen LogP contribution in [0.3, 0.4) is 0 Å². The van der Waals surface area contributed by atoms with E-state index in [1.54, 1.807) is 17.6 Å². The van der Waals surface area contributed by atoms with E-state index in [-0.39, 0.29) is 12.4 Å². The number of aliphatic hydroxyl groups excluding tert-OH is 1. The largest absolute Gasteiger partial charge is 0.395 e. The number of aromatic nitrogens is 2. The number of halogens is 1. The third kappa shape index (κ3) is 4.31. The number of hydrogen-bond donors (Lipinski definition) is 1. The summed E-state index contributed by atoms with van der Waals surface area (Å²) >= 11 is 2.89. The van der Waals surface area contributed by atoms with Crippen LogP contribution in [0.15, 0.2) is 28.0 Å². The average Bonchev–Trinajstić information content (AvgIpc) is 2.91. The van der Waals surface area contributed by atoms with Crippen molar-refractivity contribution in [3.8, 4) is 11.8 Å². The second-order valence-electron chi connectivity index (χ2n) is 3.57. The van der Waals surface area contributed by atoms with Crippen LogP contribution in [0.4, 0.5) is 4.39 Å². The fraction of sp³-hybridized carbons (Fsp3) is 0.231. The molecule has 0 radical (unpaired) electrons. The first-order valence-electron chi connectivity index (χ1n) is 5.56. The molecule has 0 bridgehead atoms. The average molecular weight is 294 g/mol. The summed E-state index contributed by atoms with van der Waals surface area (Å²) < 4.78 is 14.7. The summed E-state index contributed by atoms with van der Waals surface area (Å²) in [4.78, 5) is 0. The Morgan fingerprint density at radius 1 is 1.42 bits per heavy atom. The number of hydrogen-bond acceptors (Lipinski definition) is 5. The van der Waals surface area contributed by atoms with Crippen LogP contribution >= 0.6 is 23.1 Å². The molecule has 1 aromatic heterocycles. The highest BCUT2D eigenvalue weighted by Crippen LogP contribution is 2.25. The predicted octanol–water partition coefficient (Wildman–Crippen LogP) is 2.70. The third-order valence-corrected chi connectivity index (χ3v) is 4.12. The van der Waals surface area contributed by atoms with Crippen LogP contribution in [0.2, 0.25) is 0 Å². The molecule has 0 unspecified atom stereocenters. The maximum atomic E-state index is 13.8. The van der Waals surface area contributed by atoms with E-state index < -0.39 is 0 Å². The van der Waals surface area contributed by atoms with E-state index in [0.717, 1.165) is 4.34 Å². The highest BCUT2D eigenvalue weighted by atomic mass is 32.2. The highest BCUT2D eigenvalue weighted by molar-refractivity contribution is 8.00. The van der Waals surface area contributed by atoms with Gasteiger partial charge in [0, 0.05) is 17.7 Å². The third-order valence-electron chi connectivity index (χ3n) is 2.21. The van der Waals surface area contributed by atoms with Crippen molar-refractivity contribution >= 4 is 23.1 Å². The summed E-state index contributed by atoms with van der Waals surface area (Å²) in [7, 11) is 0. The minimum atomic E-state index is -0.271. The summed E-state index contributed by atoms with van der Waals surface area (Å²) in [5.41, 5.74) is 2.89. The highest BCUT2D eigenvalue weighted by Gasteiger charge is 2.05. The Bertz CT molecular complexity index is 590. The maximum Gasteiger partial charge on any atom is 0.174 e. The van der Waals surface area contributed by atoms with Gasteiger partial charge in [-0.3, -0.25) is 0 Å². The van der Waals surface area contributed by atoms with E-state index >= 15 is 0 Å². The van der Waals surface area contributed by atoms with E-state index in [0.29, 0.717) is 23.3 Å². The first kappa shape index (κ1) is 14.0. The van der Waals surface area contributed by atoms with Crippen molar-refractivity contribution in [2.24, 2.45) is 0 Å². The fourth-order valence-electron chi connectivity index (χ4n) is 1.33. The molecule has 98 valence electrons. The Morgan fingerprint density at radius 2 is 2.32 bits per heavy atom. The molecule has 0 fully saturated rings. The number of nitrogens with zero attached hydrogens (tertiary/aromatic N) is 2. The Balaban J connectivity index is 2.01. The molecule has 1 heterocycles. The number of benzene rings is 1. The van der Waals surface area contributed by atoms with Gasteiger partial charge < -0.3 is 5.11 Å². The summed E-state index contributed by atoms with van der Waals surface area (Å²) in [5.74, 6) is 5.82. The standard InChI is InChI=1S/C13H11FN2OS2/c14-12-7-10(3-1-2-6-17)4-5-11(12)8-18-13-16-15-9-19-13/h4-5,7,9,17H,2,6,8H2. The quantitative estimate of drug-likeness (QED) is 0.695. The minimum Gasteiger partial charge on any atom is -0.395 e. The molecule has 6 heteroatoms. The van der Waals surface area contributed by atoms with E-state index in [2.05, 4.69) is 22.0 Å². The van der Waals surface area contributed by atoms with Gasteiger partial charge in [0.2, 0.25) is 0 Å². The van der Waals surface area contributed by atoms with Crippen LogP contribution in [0.5, 0.6) is 0 Å². The first-order chi connectivity index (χ1) is 9.29. The zero-order valence-corrected chi connectivity index (χ0v) is 11.6. The van der Waals surface area contributed by atoms with Crippen LogP contribution in [0.1, 0.15) is 17.5 Å². The lowest BCUT2D eigenvalue weighted by molar-refractivity contribution is 0.305. The topological polar surface area (TPSA) is 46.0 Å². The molecule has 3 nitrogen and oxygen atoms in total. The monoisotopic (exact) mass is 294 g/mol. The first-order valence-corrected chi connectivity index (χ1v) is 7.43. The van der Waals surface area contributed by atoms with Crippen LogP contribution in [-0.4, -0.2) is 21.9 Å². The predicted molar refractivity (Wildman–Crippen MR) is 74.5 cm³/mol. The normalized spacial score (nSPS) is 10.0. The van der Waals surface area contributed by atoms with Crippen molar-refractivity contribution in [2.75, 3.05) is 6.61 Å². The lowest BCUT2D eigenvalue weighted by Gasteiger charge is -2.01. The SMILES string of the molecule is OCCC#Cc1ccc(CSc2nncs2)c(F)c1. The molecular weight excluding hydrogens is 283 g/mol. The molecule has 1 N–H and O–H groups in total. The van der Waals surface area contributed by atoms with Gasteiger partial charge in [0.1, 0.15) is 11.3 Å². The van der Waals surface area contributed by atoms with Crippen molar-refractivity contribution in [1.29, 1.82) is 0 Å². The van der Waals surface area contributed by atoms with Gasteiger partial charge in [-0.25, -0.2) is 4.39 Å². The molecule has 2 rings (SSSR count). The molecule has 0 atom stereocenters. The maximum absolute atomic E-state index is 13.8. The lowest BCUT2D eigenvalue weighted by Crippen LogP contribution is -1.89. The zero-order valence-electron chi connectivity index (χ0n) is 9.97. The molecule has 0 spiro atoms. The second-order valence-corrected chi connectivity index (χ2v) is 5.63. The summed E-state index contributed by atoms with van der Waals surface area (Å²) in [6, 6.07) is 4.93. The van der Waals surface area contributed by atoms with Gasteiger partial charge in [0.05, 0.1) is 6.61 Å². The molecule has 0 aliphatic heterocycles. The summed E-state index contributed by atoms with van der Waals surface area (Å²) in [5, 5.41) is 16.2. The van der Waals surface area contributed by atoms with Crippen molar-refractivity contribution in [2.45, 2.75) is 16.5 Å². The molecule has 0 saturated heterocycles. The molecule has 1 aromatic carbocycles. The van der Waals surface area contributed by atoms with Crippen LogP contribution in [0, 0.1) is 17.7 Å². The van der Waals surface area contributed by atoms with Gasteiger partial charge in [0.15, 0.2) is 4.34 Å². The molecule has 0 aliphatic rings. The second kappa shape index (κ2) is 7.24. The Labute approximate surface area is 118 Å². The van der Waals surface area contributed by atoms with Crippen molar-refractivity contribution in [1.82, 2.24) is 10.2 Å². The molecular formula is C13H11FN2OS2. The number of thioether (sulfide) groups is 1. The summed E-state index contributed by atoms with van der Waals surface area (Å²) in [6.07, 6.45) is 0.399. The van der Waals surface area contributed by atoms with E-state index in [9.17, 15) is 4.39 Å². The van der Waals surface area contributed by atoms with Gasteiger partial charge in [-0.15, -0.1) is 10.2 Å². The molecule has 0 saturated carbocycles. The molecule has 0 aliphatic carbocycles. The van der Waals surface area contributed by atoms with E-state index in [1.807, 2.05) is 0 Å². The van der Waals surface area contributed by atoms with Crippen molar-refractivity contribution in [3.63, 3.8) is 0 Å². The van der Waals surface area contributed by atoms with Gasteiger partial charge >= 0.3 is 0 Å². The molecule has 2 aromatic rings.